The zero-order valence-corrected chi connectivity index (χ0v) is 15.6. The highest BCUT2D eigenvalue weighted by molar-refractivity contribution is 7.98. The summed E-state index contributed by atoms with van der Waals surface area (Å²) in [5.41, 5.74) is 2.55. The molecule has 0 saturated heterocycles. The first kappa shape index (κ1) is 17.8. The van der Waals surface area contributed by atoms with E-state index in [1.165, 1.54) is 0 Å². The van der Waals surface area contributed by atoms with Crippen molar-refractivity contribution in [1.29, 1.82) is 0 Å². The molecule has 0 aliphatic heterocycles. The van der Waals surface area contributed by atoms with Gasteiger partial charge in [-0.1, -0.05) is 29.3 Å². The Morgan fingerprint density at radius 2 is 1.88 bits per heavy atom. The number of aromatic nitrogens is 1. The highest BCUT2D eigenvalue weighted by atomic mass is 35.5. The van der Waals surface area contributed by atoms with E-state index in [4.69, 9.17) is 23.2 Å². The summed E-state index contributed by atoms with van der Waals surface area (Å²) in [4.78, 5) is 17.8. The van der Waals surface area contributed by atoms with Crippen LogP contribution in [-0.4, -0.2) is 17.1 Å². The fraction of sp³-hybridized carbons (Fsp3) is 0.0526. The fourth-order valence-electron chi connectivity index (χ4n) is 2.33. The minimum absolute atomic E-state index is 0.271. The van der Waals surface area contributed by atoms with Crippen LogP contribution in [0.5, 0.6) is 0 Å². The zero-order valence-electron chi connectivity index (χ0n) is 13.3. The number of carbonyl (C=O) groups excluding carboxylic acids is 1. The molecular weight excluding hydrogens is 375 g/mol. The largest absolute Gasteiger partial charge is 0.322 e. The van der Waals surface area contributed by atoms with Gasteiger partial charge in [0.15, 0.2) is 0 Å². The Kier molecular flexibility index (Phi) is 5.63. The van der Waals surface area contributed by atoms with Gasteiger partial charge in [-0.05, 0) is 54.8 Å². The minimum Gasteiger partial charge on any atom is -0.322 e. The van der Waals surface area contributed by atoms with E-state index in [-0.39, 0.29) is 5.91 Å². The summed E-state index contributed by atoms with van der Waals surface area (Å²) in [7, 11) is 0. The lowest BCUT2D eigenvalue weighted by Gasteiger charge is -2.10. The van der Waals surface area contributed by atoms with Gasteiger partial charge in [0.2, 0.25) is 0 Å². The smallest absolute Gasteiger partial charge is 0.257 e. The Morgan fingerprint density at radius 3 is 2.56 bits per heavy atom. The average Bonchev–Trinajstić information content (AvgIpc) is 2.63. The summed E-state index contributed by atoms with van der Waals surface area (Å²) in [6.07, 6.45) is 3.66. The number of rotatable bonds is 4. The highest BCUT2D eigenvalue weighted by Crippen LogP contribution is 2.30. The monoisotopic (exact) mass is 388 g/mol. The van der Waals surface area contributed by atoms with Gasteiger partial charge >= 0.3 is 0 Å². The van der Waals surface area contributed by atoms with E-state index < -0.39 is 0 Å². The maximum absolute atomic E-state index is 12.5. The number of anilines is 1. The van der Waals surface area contributed by atoms with Crippen LogP contribution in [0, 0.1) is 0 Å². The standard InChI is InChI=1S/C19H14Cl2N2OS/c1-25-13-6-7-14(17(21)11-13)19(24)23-12-5-8-16(20)15(10-12)18-4-2-3-9-22-18/h2-11H,1H3,(H,23,24). The molecule has 0 radical (unpaired) electrons. The van der Waals surface area contributed by atoms with E-state index in [1.54, 1.807) is 48.3 Å². The molecule has 126 valence electrons. The normalized spacial score (nSPS) is 10.5. The number of carbonyl (C=O) groups is 1. The number of hydrogen-bond acceptors (Lipinski definition) is 3. The molecule has 0 unspecified atom stereocenters. The lowest BCUT2D eigenvalue weighted by molar-refractivity contribution is 0.102. The van der Waals surface area contributed by atoms with Crippen LogP contribution in [0.1, 0.15) is 10.4 Å². The van der Waals surface area contributed by atoms with Crippen molar-refractivity contribution in [2.24, 2.45) is 0 Å². The van der Waals surface area contributed by atoms with Crippen LogP contribution in [0.3, 0.4) is 0 Å². The Labute approximate surface area is 160 Å². The fourth-order valence-corrected chi connectivity index (χ4v) is 3.31. The van der Waals surface area contributed by atoms with Crippen LogP contribution in [-0.2, 0) is 0 Å². The molecule has 1 aromatic heterocycles. The predicted molar refractivity (Wildman–Crippen MR) is 106 cm³/mol. The molecule has 2 aromatic carbocycles. The van der Waals surface area contributed by atoms with E-state index in [9.17, 15) is 4.79 Å². The molecule has 3 aromatic rings. The Balaban J connectivity index is 1.87. The van der Waals surface area contributed by atoms with Gasteiger partial charge in [0, 0.05) is 22.3 Å². The zero-order chi connectivity index (χ0) is 17.8. The van der Waals surface area contributed by atoms with Gasteiger partial charge in [-0.2, -0.15) is 0 Å². The van der Waals surface area contributed by atoms with E-state index >= 15 is 0 Å². The van der Waals surface area contributed by atoms with Gasteiger partial charge < -0.3 is 5.32 Å². The molecular formula is C19H14Cl2N2OS. The van der Waals surface area contributed by atoms with Crippen molar-refractivity contribution in [3.05, 3.63) is 76.4 Å². The van der Waals surface area contributed by atoms with Crippen LogP contribution >= 0.6 is 35.0 Å². The van der Waals surface area contributed by atoms with E-state index in [0.29, 0.717) is 21.3 Å². The Morgan fingerprint density at radius 1 is 1.04 bits per heavy atom. The van der Waals surface area contributed by atoms with Gasteiger partial charge in [-0.3, -0.25) is 9.78 Å². The number of amides is 1. The number of benzene rings is 2. The molecule has 1 heterocycles. The summed E-state index contributed by atoms with van der Waals surface area (Å²) < 4.78 is 0. The molecule has 0 atom stereocenters. The van der Waals surface area contributed by atoms with Crippen LogP contribution in [0.25, 0.3) is 11.3 Å². The second-order valence-electron chi connectivity index (χ2n) is 5.21. The van der Waals surface area contributed by atoms with Crippen molar-refractivity contribution in [3.8, 4) is 11.3 Å². The molecule has 0 spiro atoms. The number of nitrogens with one attached hydrogen (secondary N) is 1. The van der Waals surface area contributed by atoms with E-state index in [2.05, 4.69) is 10.3 Å². The van der Waals surface area contributed by atoms with Crippen molar-refractivity contribution in [3.63, 3.8) is 0 Å². The number of nitrogens with zero attached hydrogens (tertiary/aromatic N) is 1. The Bertz CT molecular complexity index is 917. The topological polar surface area (TPSA) is 42.0 Å². The molecule has 0 saturated carbocycles. The van der Waals surface area contributed by atoms with Crippen molar-refractivity contribution in [2.75, 3.05) is 11.6 Å². The summed E-state index contributed by atoms with van der Waals surface area (Å²) in [5.74, 6) is -0.271. The molecule has 0 bridgehead atoms. The third kappa shape index (κ3) is 4.15. The van der Waals surface area contributed by atoms with E-state index in [0.717, 1.165) is 16.2 Å². The quantitative estimate of drug-likeness (QED) is 0.554. The summed E-state index contributed by atoms with van der Waals surface area (Å²) in [6.45, 7) is 0. The molecule has 0 aliphatic carbocycles. The summed E-state index contributed by atoms with van der Waals surface area (Å²) in [5, 5.41) is 3.85. The molecule has 1 amide bonds. The van der Waals surface area contributed by atoms with Gasteiger partial charge in [-0.25, -0.2) is 0 Å². The average molecular weight is 389 g/mol. The van der Waals surface area contributed by atoms with Crippen LogP contribution < -0.4 is 5.32 Å². The number of thioether (sulfide) groups is 1. The van der Waals surface area contributed by atoms with Crippen molar-refractivity contribution in [2.45, 2.75) is 4.90 Å². The van der Waals surface area contributed by atoms with Gasteiger partial charge in [-0.15, -0.1) is 11.8 Å². The molecule has 1 N–H and O–H groups in total. The number of hydrogen-bond donors (Lipinski definition) is 1. The second kappa shape index (κ2) is 7.91. The third-order valence-electron chi connectivity index (χ3n) is 3.59. The SMILES string of the molecule is CSc1ccc(C(=O)Nc2ccc(Cl)c(-c3ccccn3)c2)c(Cl)c1. The van der Waals surface area contributed by atoms with Gasteiger partial charge in [0.1, 0.15) is 0 Å². The molecule has 3 nitrogen and oxygen atoms in total. The van der Waals surface area contributed by atoms with Crippen molar-refractivity contribution >= 4 is 46.6 Å². The summed E-state index contributed by atoms with van der Waals surface area (Å²) >= 11 is 14.1. The maximum Gasteiger partial charge on any atom is 0.257 e. The van der Waals surface area contributed by atoms with Crippen LogP contribution in [0.2, 0.25) is 10.0 Å². The lowest BCUT2D eigenvalue weighted by atomic mass is 10.1. The lowest BCUT2D eigenvalue weighted by Crippen LogP contribution is -2.12. The first-order chi connectivity index (χ1) is 12.1. The van der Waals surface area contributed by atoms with Crippen molar-refractivity contribution in [1.82, 2.24) is 4.98 Å². The minimum atomic E-state index is -0.271. The maximum atomic E-state index is 12.5. The van der Waals surface area contributed by atoms with E-state index in [1.807, 2.05) is 30.5 Å². The van der Waals surface area contributed by atoms with Crippen LogP contribution in [0.15, 0.2) is 65.7 Å². The first-order valence-corrected chi connectivity index (χ1v) is 9.42. The predicted octanol–water partition coefficient (Wildman–Crippen LogP) is 6.03. The molecule has 25 heavy (non-hydrogen) atoms. The molecule has 6 heteroatoms. The van der Waals surface area contributed by atoms with Gasteiger partial charge in [0.05, 0.1) is 21.3 Å². The number of halogens is 2. The molecule has 3 rings (SSSR count). The number of pyridine rings is 1. The third-order valence-corrected chi connectivity index (χ3v) is 4.95. The second-order valence-corrected chi connectivity index (χ2v) is 6.90. The molecule has 0 aliphatic rings. The highest BCUT2D eigenvalue weighted by Gasteiger charge is 2.13. The Hall–Kier alpha value is -2.01. The van der Waals surface area contributed by atoms with Crippen molar-refractivity contribution < 1.29 is 4.79 Å². The summed E-state index contributed by atoms with van der Waals surface area (Å²) in [6, 6.07) is 16.2. The van der Waals surface area contributed by atoms with Gasteiger partial charge in [0.25, 0.3) is 5.91 Å². The van der Waals surface area contributed by atoms with Crippen LogP contribution in [0.4, 0.5) is 5.69 Å². The first-order valence-electron chi connectivity index (χ1n) is 7.44. The molecule has 0 fully saturated rings.